The normalized spacial score (nSPS) is 14.6. The molecule has 0 aromatic rings. The maximum atomic E-state index is 9.37. The summed E-state index contributed by atoms with van der Waals surface area (Å²) in [5, 5.41) is 18.2. The molecule has 0 saturated carbocycles. The third-order valence-corrected chi connectivity index (χ3v) is 4.64. The second-order valence-corrected chi connectivity index (χ2v) is 6.84. The van der Waals surface area contributed by atoms with Crippen LogP contribution in [0.2, 0.25) is 0 Å². The second-order valence-electron chi connectivity index (χ2n) is 6.84. The van der Waals surface area contributed by atoms with Crippen LogP contribution in [0.25, 0.3) is 0 Å². The molecule has 0 aliphatic carbocycles. The van der Waals surface area contributed by atoms with Gasteiger partial charge in [-0.25, -0.2) is 0 Å². The molecule has 0 fully saturated rings. The molecular weight excluding hydrogens is 320 g/mol. The highest BCUT2D eigenvalue weighted by Crippen LogP contribution is 2.31. The molecule has 0 spiro atoms. The Hall–Kier alpha value is -0.200. The molecule has 152 valence electrons. The van der Waals surface area contributed by atoms with Gasteiger partial charge in [0.2, 0.25) is 0 Å². The zero-order valence-corrected chi connectivity index (χ0v) is 17.0. The van der Waals surface area contributed by atoms with Gasteiger partial charge >= 0.3 is 0 Å². The number of hydrogen-bond acceptors (Lipinski definition) is 5. The van der Waals surface area contributed by atoms with Gasteiger partial charge in [-0.1, -0.05) is 45.4 Å². The molecule has 5 heteroatoms. The number of aliphatic hydroxyl groups is 2. The number of unbranched alkanes of at least 4 members (excludes halogenated alkanes) is 5. The van der Waals surface area contributed by atoms with Gasteiger partial charge in [0.25, 0.3) is 0 Å². The van der Waals surface area contributed by atoms with Crippen molar-refractivity contribution in [1.29, 1.82) is 0 Å². The lowest BCUT2D eigenvalue weighted by atomic mass is 9.90. The van der Waals surface area contributed by atoms with E-state index in [2.05, 4.69) is 6.92 Å². The molecule has 0 aliphatic heterocycles. The van der Waals surface area contributed by atoms with Gasteiger partial charge in [-0.2, -0.15) is 0 Å². The van der Waals surface area contributed by atoms with Crippen molar-refractivity contribution in [1.82, 2.24) is 0 Å². The molecule has 0 rings (SSSR count). The van der Waals surface area contributed by atoms with Crippen LogP contribution >= 0.6 is 0 Å². The van der Waals surface area contributed by atoms with Gasteiger partial charge in [0, 0.05) is 25.7 Å². The molecule has 2 atom stereocenters. The SMILES string of the molecule is CCCCCCCCC(CCOCC(O)CO)C(C)(OCC)OCC. The van der Waals surface area contributed by atoms with Crippen LogP contribution in [-0.4, -0.2) is 55.1 Å². The highest BCUT2D eigenvalue weighted by Gasteiger charge is 2.35. The minimum absolute atomic E-state index is 0.167. The first-order valence-corrected chi connectivity index (χ1v) is 10.2. The quantitative estimate of drug-likeness (QED) is 0.286. The van der Waals surface area contributed by atoms with Crippen molar-refractivity contribution in [2.75, 3.05) is 33.0 Å². The predicted molar refractivity (Wildman–Crippen MR) is 102 cm³/mol. The Morgan fingerprint density at radius 3 is 2.04 bits per heavy atom. The van der Waals surface area contributed by atoms with Crippen molar-refractivity contribution >= 4 is 0 Å². The Labute approximate surface area is 155 Å². The van der Waals surface area contributed by atoms with Crippen molar-refractivity contribution in [3.63, 3.8) is 0 Å². The summed E-state index contributed by atoms with van der Waals surface area (Å²) in [6.07, 6.45) is 8.68. The van der Waals surface area contributed by atoms with Gasteiger partial charge in [-0.15, -0.1) is 0 Å². The van der Waals surface area contributed by atoms with Gasteiger partial charge in [-0.05, 0) is 33.6 Å². The molecule has 2 N–H and O–H groups in total. The molecule has 0 aromatic carbocycles. The van der Waals surface area contributed by atoms with Crippen LogP contribution < -0.4 is 0 Å². The van der Waals surface area contributed by atoms with Crippen LogP contribution in [0.15, 0.2) is 0 Å². The highest BCUT2D eigenvalue weighted by atomic mass is 16.7. The average Bonchev–Trinajstić information content (AvgIpc) is 2.59. The van der Waals surface area contributed by atoms with E-state index in [1.807, 2.05) is 20.8 Å². The topological polar surface area (TPSA) is 68.2 Å². The first-order chi connectivity index (χ1) is 12.0. The summed E-state index contributed by atoms with van der Waals surface area (Å²) in [6.45, 7) is 9.93. The summed E-state index contributed by atoms with van der Waals surface area (Å²) in [5.74, 6) is -0.337. The van der Waals surface area contributed by atoms with Gasteiger partial charge in [0.15, 0.2) is 5.79 Å². The monoisotopic (exact) mass is 362 g/mol. The van der Waals surface area contributed by atoms with Crippen molar-refractivity contribution in [2.24, 2.45) is 5.92 Å². The molecule has 0 aromatic heterocycles. The van der Waals surface area contributed by atoms with E-state index in [4.69, 9.17) is 19.3 Å². The van der Waals surface area contributed by atoms with Crippen molar-refractivity contribution < 1.29 is 24.4 Å². The minimum atomic E-state index is -0.804. The molecule has 0 heterocycles. The van der Waals surface area contributed by atoms with Gasteiger partial charge < -0.3 is 24.4 Å². The summed E-state index contributed by atoms with van der Waals surface area (Å²) in [7, 11) is 0. The lowest BCUT2D eigenvalue weighted by molar-refractivity contribution is -0.255. The molecule has 25 heavy (non-hydrogen) atoms. The Kier molecular flexibility index (Phi) is 15.9. The predicted octanol–water partition coefficient (Wildman–Crippen LogP) is 3.90. The van der Waals surface area contributed by atoms with Gasteiger partial charge in [0.1, 0.15) is 6.10 Å². The van der Waals surface area contributed by atoms with E-state index in [-0.39, 0.29) is 19.1 Å². The van der Waals surface area contributed by atoms with E-state index in [1.165, 1.54) is 38.5 Å². The Morgan fingerprint density at radius 2 is 1.48 bits per heavy atom. The summed E-state index contributed by atoms with van der Waals surface area (Å²) in [5.41, 5.74) is 0. The molecule has 0 bridgehead atoms. The Balaban J connectivity index is 4.46. The van der Waals surface area contributed by atoms with Crippen molar-refractivity contribution in [2.45, 2.75) is 91.0 Å². The largest absolute Gasteiger partial charge is 0.394 e. The third kappa shape index (κ3) is 11.9. The van der Waals surface area contributed by atoms with Crippen LogP contribution in [0.4, 0.5) is 0 Å². The van der Waals surface area contributed by atoms with Gasteiger partial charge in [0.05, 0.1) is 13.2 Å². The molecule has 0 aliphatic rings. The second kappa shape index (κ2) is 16.0. The summed E-state index contributed by atoms with van der Waals surface area (Å²) in [6, 6.07) is 0. The van der Waals surface area contributed by atoms with E-state index in [9.17, 15) is 5.11 Å². The van der Waals surface area contributed by atoms with Crippen LogP contribution in [0.1, 0.15) is 79.1 Å². The summed E-state index contributed by atoms with van der Waals surface area (Å²) < 4.78 is 17.4. The van der Waals surface area contributed by atoms with E-state index in [1.54, 1.807) is 0 Å². The first-order valence-electron chi connectivity index (χ1n) is 10.2. The molecule has 0 radical (unpaired) electrons. The fourth-order valence-electron chi connectivity index (χ4n) is 3.19. The third-order valence-electron chi connectivity index (χ3n) is 4.64. The number of hydrogen-bond donors (Lipinski definition) is 2. The number of rotatable bonds is 18. The smallest absolute Gasteiger partial charge is 0.168 e. The Bertz CT molecular complexity index is 279. The van der Waals surface area contributed by atoms with E-state index >= 15 is 0 Å². The maximum Gasteiger partial charge on any atom is 0.168 e. The molecular formula is C20H42O5. The number of ether oxygens (including phenoxy) is 3. The average molecular weight is 363 g/mol. The fourth-order valence-corrected chi connectivity index (χ4v) is 3.19. The fraction of sp³-hybridized carbons (Fsp3) is 1.00. The zero-order chi connectivity index (χ0) is 19.0. The van der Waals surface area contributed by atoms with E-state index < -0.39 is 11.9 Å². The lowest BCUT2D eigenvalue weighted by Crippen LogP contribution is -2.41. The zero-order valence-electron chi connectivity index (χ0n) is 17.0. The van der Waals surface area contributed by atoms with Crippen molar-refractivity contribution in [3.05, 3.63) is 0 Å². The first kappa shape index (κ1) is 24.8. The molecule has 5 nitrogen and oxygen atoms in total. The molecule has 0 saturated heterocycles. The van der Waals surface area contributed by atoms with Crippen LogP contribution in [-0.2, 0) is 14.2 Å². The van der Waals surface area contributed by atoms with Crippen molar-refractivity contribution in [3.8, 4) is 0 Å². The van der Waals surface area contributed by atoms with Crippen LogP contribution in [0.3, 0.4) is 0 Å². The molecule has 0 amide bonds. The minimum Gasteiger partial charge on any atom is -0.394 e. The van der Waals surface area contributed by atoms with Gasteiger partial charge in [-0.3, -0.25) is 0 Å². The number of aliphatic hydroxyl groups excluding tert-OH is 2. The molecule has 2 unspecified atom stereocenters. The lowest BCUT2D eigenvalue weighted by Gasteiger charge is -2.37. The standard InChI is InChI=1S/C20H42O5/c1-5-8-9-10-11-12-13-18(14-15-23-17-19(22)16-21)20(4,24-6-2)25-7-3/h18-19,21-22H,5-17H2,1-4H3. The van der Waals surface area contributed by atoms with E-state index in [0.717, 1.165) is 12.8 Å². The maximum absolute atomic E-state index is 9.37. The van der Waals surface area contributed by atoms with Crippen LogP contribution in [0, 0.1) is 5.92 Å². The summed E-state index contributed by atoms with van der Waals surface area (Å²) in [4.78, 5) is 0. The highest BCUT2D eigenvalue weighted by molar-refractivity contribution is 4.76. The van der Waals surface area contributed by atoms with E-state index in [0.29, 0.717) is 19.8 Å². The van der Waals surface area contributed by atoms with Crippen LogP contribution in [0.5, 0.6) is 0 Å². The Morgan fingerprint density at radius 1 is 0.880 bits per heavy atom. The summed E-state index contributed by atoms with van der Waals surface area (Å²) >= 11 is 0.